The molecule has 0 aromatic heterocycles. The quantitative estimate of drug-likeness (QED) is 0.420. The summed E-state index contributed by atoms with van der Waals surface area (Å²) < 4.78 is 27.3. The molecule has 7 heteroatoms. The molecular weight excluding hydrogens is 222 g/mol. The van der Waals surface area contributed by atoms with Gasteiger partial charge in [0.25, 0.3) is 10.1 Å². The van der Waals surface area contributed by atoms with Crippen LogP contribution in [-0.2, 0) is 10.1 Å². The highest BCUT2D eigenvalue weighted by Gasteiger charge is 1.98. The number of benzene rings is 1. The number of phenols is 2. The molecule has 0 amide bonds. The van der Waals surface area contributed by atoms with Crippen LogP contribution < -0.4 is 5.73 Å². The van der Waals surface area contributed by atoms with E-state index in [1.54, 1.807) is 0 Å². The molecule has 1 aromatic rings. The maximum Gasteiger partial charge on any atom is 0.266 e. The van der Waals surface area contributed by atoms with Gasteiger partial charge in [0, 0.05) is 6.54 Å². The first kappa shape index (κ1) is 13.7. The maximum atomic E-state index is 9.71. The summed E-state index contributed by atoms with van der Waals surface area (Å²) in [5, 5.41) is 17.3. The summed E-state index contributed by atoms with van der Waals surface area (Å²) in [6.45, 7) is -0.0289. The van der Waals surface area contributed by atoms with Gasteiger partial charge >= 0.3 is 0 Å². The van der Waals surface area contributed by atoms with Crippen molar-refractivity contribution in [1.29, 1.82) is 0 Å². The number of hydrogen-bond donors (Lipinski definition) is 4. The van der Waals surface area contributed by atoms with E-state index in [1.807, 2.05) is 0 Å². The number of aromatic hydroxyl groups is 2. The molecule has 1 rings (SSSR count). The summed E-state index contributed by atoms with van der Waals surface area (Å²) in [7, 11) is -3.80. The molecule has 0 atom stereocenters. The van der Waals surface area contributed by atoms with Crippen LogP contribution in [0.5, 0.6) is 11.5 Å². The second-order valence-electron chi connectivity index (χ2n) is 2.59. The molecule has 0 aliphatic rings. The van der Waals surface area contributed by atoms with Crippen LogP contribution in [0.4, 0.5) is 0 Å². The lowest BCUT2D eigenvalue weighted by atomic mass is 10.3. The molecule has 0 aliphatic carbocycles. The normalized spacial score (nSPS) is 10.3. The molecule has 0 saturated heterocycles. The van der Waals surface area contributed by atoms with Crippen LogP contribution in [0.25, 0.3) is 0 Å². The minimum absolute atomic E-state index is 0.0289. The fraction of sp³-hybridized carbons (Fsp3) is 0.250. The van der Waals surface area contributed by atoms with Crippen LogP contribution in [0.3, 0.4) is 0 Å². The number of nitrogens with two attached hydrogens (primary N) is 1. The standard InChI is InChI=1S/C6H6O2.C2H7NO3S/c7-5-1-2-6(8)4-3-5;3-1-2-7(4,5)6/h1-4,7-8H;1-3H2,(H,4,5,6). The summed E-state index contributed by atoms with van der Waals surface area (Å²) in [5.41, 5.74) is 4.78. The molecule has 0 saturated carbocycles. The lowest BCUT2D eigenvalue weighted by molar-refractivity contribution is 0.460. The molecular formula is C8H13NO5S. The van der Waals surface area contributed by atoms with E-state index in [2.05, 4.69) is 0 Å². The van der Waals surface area contributed by atoms with Crippen LogP contribution in [-0.4, -0.2) is 35.5 Å². The Labute approximate surface area is 87.7 Å². The van der Waals surface area contributed by atoms with Gasteiger partial charge < -0.3 is 15.9 Å². The average Bonchev–Trinajstić information content (AvgIpc) is 2.09. The second-order valence-corrected chi connectivity index (χ2v) is 4.16. The smallest absolute Gasteiger partial charge is 0.266 e. The van der Waals surface area contributed by atoms with Crippen LogP contribution >= 0.6 is 0 Å². The molecule has 0 bridgehead atoms. The van der Waals surface area contributed by atoms with Gasteiger partial charge in [0.1, 0.15) is 11.5 Å². The van der Waals surface area contributed by atoms with Crippen LogP contribution in [0.15, 0.2) is 24.3 Å². The van der Waals surface area contributed by atoms with Gasteiger partial charge in [0.2, 0.25) is 0 Å². The van der Waals surface area contributed by atoms with E-state index in [0.717, 1.165) is 0 Å². The fourth-order valence-electron chi connectivity index (χ4n) is 0.602. The van der Waals surface area contributed by atoms with Crippen molar-refractivity contribution in [2.75, 3.05) is 12.3 Å². The zero-order valence-corrected chi connectivity index (χ0v) is 8.68. The Bertz CT molecular complexity index is 352. The first-order valence-electron chi connectivity index (χ1n) is 3.98. The molecule has 0 heterocycles. The van der Waals surface area contributed by atoms with E-state index in [0.29, 0.717) is 0 Å². The summed E-state index contributed by atoms with van der Waals surface area (Å²) in [5.74, 6) is -0.0156. The fourth-order valence-corrected chi connectivity index (χ4v) is 0.899. The van der Waals surface area contributed by atoms with Crippen molar-refractivity contribution in [1.82, 2.24) is 0 Å². The molecule has 0 aliphatic heterocycles. The van der Waals surface area contributed by atoms with Crippen molar-refractivity contribution >= 4 is 10.1 Å². The third kappa shape index (κ3) is 9.01. The third-order valence-electron chi connectivity index (χ3n) is 1.23. The van der Waals surface area contributed by atoms with E-state index < -0.39 is 10.1 Å². The minimum atomic E-state index is -3.80. The largest absolute Gasteiger partial charge is 0.508 e. The highest BCUT2D eigenvalue weighted by molar-refractivity contribution is 7.85. The van der Waals surface area contributed by atoms with Crippen molar-refractivity contribution < 1.29 is 23.2 Å². The van der Waals surface area contributed by atoms with Gasteiger partial charge in [-0.1, -0.05) is 0 Å². The van der Waals surface area contributed by atoms with Crippen LogP contribution in [0.1, 0.15) is 0 Å². The van der Waals surface area contributed by atoms with Crippen LogP contribution in [0, 0.1) is 0 Å². The van der Waals surface area contributed by atoms with Crippen molar-refractivity contribution in [3.8, 4) is 11.5 Å². The molecule has 0 spiro atoms. The van der Waals surface area contributed by atoms with Gasteiger partial charge in [-0.15, -0.1) is 0 Å². The van der Waals surface area contributed by atoms with E-state index in [1.165, 1.54) is 24.3 Å². The number of phenolic OH excluding ortho intramolecular Hbond substituents is 2. The molecule has 0 unspecified atom stereocenters. The molecule has 15 heavy (non-hydrogen) atoms. The van der Waals surface area contributed by atoms with Crippen molar-refractivity contribution in [3.63, 3.8) is 0 Å². The topological polar surface area (TPSA) is 121 Å². The summed E-state index contributed by atoms with van der Waals surface area (Å²) in [4.78, 5) is 0. The molecule has 6 nitrogen and oxygen atoms in total. The SMILES string of the molecule is NCCS(=O)(=O)O.Oc1ccc(O)cc1. The van der Waals surface area contributed by atoms with Crippen molar-refractivity contribution in [2.45, 2.75) is 0 Å². The lowest BCUT2D eigenvalue weighted by Gasteiger charge is -1.88. The van der Waals surface area contributed by atoms with Crippen molar-refractivity contribution in [2.24, 2.45) is 5.73 Å². The van der Waals surface area contributed by atoms with E-state index in [9.17, 15) is 8.42 Å². The Morgan fingerprint density at radius 2 is 1.40 bits per heavy atom. The highest BCUT2D eigenvalue weighted by atomic mass is 32.2. The molecule has 86 valence electrons. The van der Waals surface area contributed by atoms with Gasteiger partial charge in [0.05, 0.1) is 5.75 Å². The van der Waals surface area contributed by atoms with Gasteiger partial charge in [0.15, 0.2) is 0 Å². The zero-order chi connectivity index (χ0) is 11.9. The van der Waals surface area contributed by atoms with Crippen LogP contribution in [0.2, 0.25) is 0 Å². The van der Waals surface area contributed by atoms with E-state index >= 15 is 0 Å². The van der Waals surface area contributed by atoms with E-state index in [-0.39, 0.29) is 23.8 Å². The molecule has 5 N–H and O–H groups in total. The van der Waals surface area contributed by atoms with Gasteiger partial charge in [-0.3, -0.25) is 4.55 Å². The van der Waals surface area contributed by atoms with Gasteiger partial charge in [-0.2, -0.15) is 8.42 Å². The summed E-state index contributed by atoms with van der Waals surface area (Å²) in [6, 6.07) is 5.70. The third-order valence-corrected chi connectivity index (χ3v) is 1.98. The zero-order valence-electron chi connectivity index (χ0n) is 7.87. The predicted octanol–water partition coefficient (Wildman–Crippen LogP) is -0.0693. The predicted molar refractivity (Wildman–Crippen MR) is 55.2 cm³/mol. The molecule has 0 radical (unpaired) electrons. The monoisotopic (exact) mass is 235 g/mol. The number of rotatable bonds is 2. The Hall–Kier alpha value is -1.31. The first-order chi connectivity index (χ1) is 6.85. The van der Waals surface area contributed by atoms with E-state index in [4.69, 9.17) is 20.5 Å². The molecule has 1 aromatic carbocycles. The Morgan fingerprint density at radius 3 is 1.53 bits per heavy atom. The van der Waals surface area contributed by atoms with Crippen molar-refractivity contribution in [3.05, 3.63) is 24.3 Å². The Morgan fingerprint density at radius 1 is 1.07 bits per heavy atom. The molecule has 0 fully saturated rings. The maximum absolute atomic E-state index is 9.71. The summed E-state index contributed by atoms with van der Waals surface area (Å²) >= 11 is 0. The minimum Gasteiger partial charge on any atom is -0.508 e. The average molecular weight is 235 g/mol. The van der Waals surface area contributed by atoms with Gasteiger partial charge in [-0.05, 0) is 24.3 Å². The highest BCUT2D eigenvalue weighted by Crippen LogP contribution is 2.13. The first-order valence-corrected chi connectivity index (χ1v) is 5.59. The Kier molecular flexibility index (Phi) is 5.68. The van der Waals surface area contributed by atoms with Gasteiger partial charge in [-0.25, -0.2) is 0 Å². The lowest BCUT2D eigenvalue weighted by Crippen LogP contribution is -2.13. The second kappa shape index (κ2) is 6.23. The Balaban J connectivity index is 0.000000265. The summed E-state index contributed by atoms with van der Waals surface area (Å²) in [6.07, 6.45) is 0. The number of hydrogen-bond acceptors (Lipinski definition) is 5.